The number of aryl methyl sites for hydroxylation is 1. The summed E-state index contributed by atoms with van der Waals surface area (Å²) in [5, 5.41) is 4.26. The number of rotatable bonds is 4. The number of piperidine rings is 1. The van der Waals surface area contributed by atoms with Gasteiger partial charge in [-0.1, -0.05) is 17.3 Å². The largest absolute Gasteiger partial charge is 0.339 e. The van der Waals surface area contributed by atoms with E-state index in [0.29, 0.717) is 11.8 Å². The zero-order chi connectivity index (χ0) is 16.8. The molecule has 130 valence electrons. The molecule has 5 rings (SSSR count). The lowest BCUT2D eigenvalue weighted by Gasteiger charge is -2.30. The van der Waals surface area contributed by atoms with E-state index in [-0.39, 0.29) is 0 Å². The molecule has 1 aromatic carbocycles. The average Bonchev–Trinajstić information content (AvgIpc) is 3.29. The number of likely N-dealkylation sites (tertiary alicyclic amines) is 1. The quantitative estimate of drug-likeness (QED) is 0.731. The standard InChI is InChI=1S/C19H23N5O/c1-23-16-7-3-2-6-15(16)20-17(23)12-24-10-4-5-14(11-24)18-21-19(25-22-18)13-8-9-13/h2-3,6-7,13-14H,4-5,8-12H2,1H3/t14-/m1/s1. The fraction of sp³-hybridized carbons (Fsp3) is 0.526. The normalized spacial score (nSPS) is 21.9. The molecular weight excluding hydrogens is 314 g/mol. The summed E-state index contributed by atoms with van der Waals surface area (Å²) in [4.78, 5) is 12.0. The van der Waals surface area contributed by atoms with Gasteiger partial charge in [0.25, 0.3) is 0 Å². The minimum Gasteiger partial charge on any atom is -0.339 e. The number of imidazole rings is 1. The lowest BCUT2D eigenvalue weighted by atomic mass is 9.97. The van der Waals surface area contributed by atoms with Crippen LogP contribution in [0.5, 0.6) is 0 Å². The van der Waals surface area contributed by atoms with E-state index in [4.69, 9.17) is 9.51 Å². The van der Waals surface area contributed by atoms with Crippen molar-refractivity contribution in [1.82, 2.24) is 24.6 Å². The second kappa shape index (κ2) is 5.95. The van der Waals surface area contributed by atoms with Crippen LogP contribution in [0.15, 0.2) is 28.8 Å². The first-order valence-corrected chi connectivity index (χ1v) is 9.24. The molecule has 3 aromatic rings. The fourth-order valence-corrected chi connectivity index (χ4v) is 3.86. The van der Waals surface area contributed by atoms with Gasteiger partial charge in [0.1, 0.15) is 5.82 Å². The summed E-state index contributed by atoms with van der Waals surface area (Å²) in [6.07, 6.45) is 4.71. The van der Waals surface area contributed by atoms with E-state index in [1.165, 1.54) is 24.8 Å². The first-order valence-electron chi connectivity index (χ1n) is 9.24. The predicted molar refractivity (Wildman–Crippen MR) is 94.2 cm³/mol. The first kappa shape index (κ1) is 15.1. The van der Waals surface area contributed by atoms with Gasteiger partial charge in [0.15, 0.2) is 5.82 Å². The third-order valence-corrected chi connectivity index (χ3v) is 5.50. The fourth-order valence-electron chi connectivity index (χ4n) is 3.86. The molecule has 3 heterocycles. The van der Waals surface area contributed by atoms with Crippen molar-refractivity contribution in [3.05, 3.63) is 41.8 Å². The Kier molecular flexibility index (Phi) is 3.59. The summed E-state index contributed by atoms with van der Waals surface area (Å²) in [7, 11) is 2.10. The monoisotopic (exact) mass is 337 g/mol. The molecule has 1 atom stereocenters. The smallest absolute Gasteiger partial charge is 0.229 e. The van der Waals surface area contributed by atoms with Crippen LogP contribution in [0.1, 0.15) is 55.1 Å². The summed E-state index contributed by atoms with van der Waals surface area (Å²) in [5.41, 5.74) is 2.26. The van der Waals surface area contributed by atoms with E-state index in [9.17, 15) is 0 Å². The van der Waals surface area contributed by atoms with Crippen molar-refractivity contribution < 1.29 is 4.52 Å². The predicted octanol–water partition coefficient (Wildman–Crippen LogP) is 3.21. The van der Waals surface area contributed by atoms with Crippen LogP contribution < -0.4 is 0 Å². The van der Waals surface area contributed by atoms with E-state index in [1.807, 2.05) is 6.07 Å². The molecule has 6 heteroatoms. The summed E-state index contributed by atoms with van der Waals surface area (Å²) in [6, 6.07) is 8.32. The van der Waals surface area contributed by atoms with Crippen molar-refractivity contribution in [3.8, 4) is 0 Å². The maximum Gasteiger partial charge on any atom is 0.229 e. The van der Waals surface area contributed by atoms with Crippen LogP contribution >= 0.6 is 0 Å². The summed E-state index contributed by atoms with van der Waals surface area (Å²) in [6.45, 7) is 2.95. The van der Waals surface area contributed by atoms with E-state index >= 15 is 0 Å². The van der Waals surface area contributed by atoms with E-state index in [1.54, 1.807) is 0 Å². The average molecular weight is 337 g/mol. The van der Waals surface area contributed by atoms with E-state index in [0.717, 1.165) is 49.1 Å². The lowest BCUT2D eigenvalue weighted by Crippen LogP contribution is -2.35. The Hall–Kier alpha value is -2.21. The van der Waals surface area contributed by atoms with Crippen LogP contribution in [-0.2, 0) is 13.6 Å². The SMILES string of the molecule is Cn1c(CN2CCC[C@@H](c3noc(C4CC4)n3)C2)nc2ccccc21. The van der Waals surface area contributed by atoms with E-state index < -0.39 is 0 Å². The van der Waals surface area contributed by atoms with Crippen molar-refractivity contribution in [2.24, 2.45) is 7.05 Å². The maximum absolute atomic E-state index is 5.46. The second-order valence-corrected chi connectivity index (χ2v) is 7.42. The molecule has 2 aliphatic rings. The Balaban J connectivity index is 1.32. The van der Waals surface area contributed by atoms with Gasteiger partial charge in [-0.15, -0.1) is 0 Å². The molecule has 2 fully saturated rings. The lowest BCUT2D eigenvalue weighted by molar-refractivity contribution is 0.189. The second-order valence-electron chi connectivity index (χ2n) is 7.42. The van der Waals surface area contributed by atoms with Gasteiger partial charge in [-0.05, 0) is 44.4 Å². The third-order valence-electron chi connectivity index (χ3n) is 5.50. The van der Waals surface area contributed by atoms with Crippen LogP contribution in [0.25, 0.3) is 11.0 Å². The van der Waals surface area contributed by atoms with Crippen LogP contribution in [0.2, 0.25) is 0 Å². The van der Waals surface area contributed by atoms with Gasteiger partial charge in [0, 0.05) is 25.4 Å². The molecule has 1 saturated heterocycles. The molecule has 0 radical (unpaired) electrons. The number of benzene rings is 1. The van der Waals surface area contributed by atoms with Crippen LogP contribution in [0.3, 0.4) is 0 Å². The molecule has 0 spiro atoms. The molecule has 6 nitrogen and oxygen atoms in total. The number of aromatic nitrogens is 4. The van der Waals surface area contributed by atoms with Crippen molar-refractivity contribution in [3.63, 3.8) is 0 Å². The van der Waals surface area contributed by atoms with Gasteiger partial charge >= 0.3 is 0 Å². The van der Waals surface area contributed by atoms with Crippen LogP contribution in [0.4, 0.5) is 0 Å². The molecule has 1 saturated carbocycles. The highest BCUT2D eigenvalue weighted by Crippen LogP contribution is 2.39. The summed E-state index contributed by atoms with van der Waals surface area (Å²) < 4.78 is 7.67. The topological polar surface area (TPSA) is 60.0 Å². The van der Waals surface area contributed by atoms with E-state index in [2.05, 4.69) is 44.9 Å². The minimum atomic E-state index is 0.375. The molecule has 0 amide bonds. The highest BCUT2D eigenvalue weighted by Gasteiger charge is 2.32. The molecular formula is C19H23N5O. The number of nitrogens with zero attached hydrogens (tertiary/aromatic N) is 5. The highest BCUT2D eigenvalue weighted by atomic mass is 16.5. The zero-order valence-electron chi connectivity index (χ0n) is 14.6. The van der Waals surface area contributed by atoms with Gasteiger partial charge in [0.2, 0.25) is 5.89 Å². The Morgan fingerprint density at radius 2 is 2.00 bits per heavy atom. The first-order chi connectivity index (χ1) is 12.3. The van der Waals surface area contributed by atoms with Gasteiger partial charge in [-0.25, -0.2) is 4.98 Å². The Bertz CT molecular complexity index is 894. The van der Waals surface area contributed by atoms with Crippen molar-refractivity contribution in [2.75, 3.05) is 13.1 Å². The Morgan fingerprint density at radius 1 is 1.12 bits per heavy atom. The van der Waals surface area contributed by atoms with Gasteiger partial charge in [-0.2, -0.15) is 4.98 Å². The van der Waals surface area contributed by atoms with Crippen LogP contribution in [0, 0.1) is 0 Å². The number of hydrogen-bond donors (Lipinski definition) is 0. The molecule has 0 unspecified atom stereocenters. The third kappa shape index (κ3) is 2.84. The number of fused-ring (bicyclic) bond motifs is 1. The van der Waals surface area contributed by atoms with Gasteiger partial charge in [-0.3, -0.25) is 4.90 Å². The summed E-state index contributed by atoms with van der Waals surface area (Å²) >= 11 is 0. The molecule has 0 N–H and O–H groups in total. The molecule has 25 heavy (non-hydrogen) atoms. The van der Waals surface area contributed by atoms with Crippen molar-refractivity contribution in [2.45, 2.75) is 44.1 Å². The van der Waals surface area contributed by atoms with Gasteiger partial charge in [0.05, 0.1) is 17.6 Å². The molecule has 0 bridgehead atoms. The van der Waals surface area contributed by atoms with Crippen molar-refractivity contribution >= 4 is 11.0 Å². The van der Waals surface area contributed by atoms with Gasteiger partial charge < -0.3 is 9.09 Å². The van der Waals surface area contributed by atoms with Crippen LogP contribution in [-0.4, -0.2) is 37.7 Å². The Labute approximate surface area is 146 Å². The summed E-state index contributed by atoms with van der Waals surface area (Å²) in [5.74, 6) is 3.77. The molecule has 1 aliphatic carbocycles. The minimum absolute atomic E-state index is 0.375. The molecule has 1 aliphatic heterocycles. The Morgan fingerprint density at radius 3 is 2.84 bits per heavy atom. The van der Waals surface area contributed by atoms with Crippen molar-refractivity contribution in [1.29, 1.82) is 0 Å². The molecule has 2 aromatic heterocycles. The number of hydrogen-bond acceptors (Lipinski definition) is 5. The number of para-hydroxylation sites is 2. The zero-order valence-corrected chi connectivity index (χ0v) is 14.6. The highest BCUT2D eigenvalue weighted by molar-refractivity contribution is 5.75. The maximum atomic E-state index is 5.46.